The van der Waals surface area contributed by atoms with Gasteiger partial charge in [-0.1, -0.05) is 12.1 Å². The number of thiol groups is 2. The number of rotatable bonds is 19. The van der Waals surface area contributed by atoms with E-state index in [1.807, 2.05) is 35.3 Å². The van der Waals surface area contributed by atoms with E-state index in [4.69, 9.17) is 4.74 Å². The fourth-order valence-corrected chi connectivity index (χ4v) is 6.70. The van der Waals surface area contributed by atoms with Gasteiger partial charge in [-0.3, -0.25) is 0 Å². The summed E-state index contributed by atoms with van der Waals surface area (Å²) in [6, 6.07) is 8.64. The Morgan fingerprint density at radius 1 is 0.704 bits per heavy atom. The second-order valence-electron chi connectivity index (χ2n) is 5.85. The van der Waals surface area contributed by atoms with Crippen LogP contribution in [0.2, 0.25) is 0 Å². The quantitative estimate of drug-likeness (QED) is 0.179. The lowest BCUT2D eigenvalue weighted by atomic mass is 10.1. The Kier molecular flexibility index (Phi) is 19.8. The van der Waals surface area contributed by atoms with E-state index in [2.05, 4.69) is 61.3 Å². The van der Waals surface area contributed by atoms with E-state index in [1.54, 1.807) is 0 Å². The lowest BCUT2D eigenvalue weighted by Crippen LogP contribution is -2.00. The van der Waals surface area contributed by atoms with Crippen molar-refractivity contribution in [1.29, 1.82) is 0 Å². The van der Waals surface area contributed by atoms with Gasteiger partial charge in [-0.05, 0) is 60.0 Å². The number of benzene rings is 1. The molecule has 0 spiro atoms. The lowest BCUT2D eigenvalue weighted by Gasteiger charge is -2.08. The van der Waals surface area contributed by atoms with Crippen LogP contribution >= 0.6 is 72.3 Å². The largest absolute Gasteiger partial charge is 0.494 e. The van der Waals surface area contributed by atoms with Crippen LogP contribution in [0.15, 0.2) is 24.3 Å². The van der Waals surface area contributed by atoms with Crippen LogP contribution in [-0.2, 0) is 6.42 Å². The highest BCUT2D eigenvalue weighted by Gasteiger charge is 1.99. The molecular weight excluding hydrogens is 449 g/mol. The third kappa shape index (κ3) is 16.6. The molecule has 0 saturated carbocycles. The summed E-state index contributed by atoms with van der Waals surface area (Å²) < 4.78 is 5.93. The molecule has 0 radical (unpaired) electrons. The zero-order valence-corrected chi connectivity index (χ0v) is 21.2. The SMILES string of the molecule is SCCSCCSCCCOc1cccc(CCCSCCSCCS)c1. The first-order chi connectivity index (χ1) is 13.4. The maximum Gasteiger partial charge on any atom is 0.119 e. The van der Waals surface area contributed by atoms with Gasteiger partial charge in [-0.2, -0.15) is 72.3 Å². The Morgan fingerprint density at radius 3 is 1.93 bits per heavy atom. The van der Waals surface area contributed by atoms with Crippen LogP contribution in [0.3, 0.4) is 0 Å². The van der Waals surface area contributed by atoms with Crippen molar-refractivity contribution < 1.29 is 4.74 Å². The van der Waals surface area contributed by atoms with Crippen LogP contribution in [0.25, 0.3) is 0 Å². The molecule has 0 heterocycles. The zero-order chi connectivity index (χ0) is 19.4. The van der Waals surface area contributed by atoms with E-state index in [-0.39, 0.29) is 0 Å². The Balaban J connectivity index is 2.01. The Labute approximate surface area is 194 Å². The summed E-state index contributed by atoms with van der Waals surface area (Å²) in [5.41, 5.74) is 1.40. The standard InChI is InChI=1S/C20H34OS6/c22-8-12-26-16-14-24-10-2-5-19-4-1-6-20(18-19)21-7-3-11-25-15-17-27-13-9-23/h1,4,6,18,22-23H,2-3,5,7-17H2. The van der Waals surface area contributed by atoms with Gasteiger partial charge < -0.3 is 4.74 Å². The smallest absolute Gasteiger partial charge is 0.119 e. The monoisotopic (exact) mass is 482 g/mol. The molecule has 7 heteroatoms. The van der Waals surface area contributed by atoms with E-state index in [1.165, 1.54) is 52.3 Å². The summed E-state index contributed by atoms with van der Waals surface area (Å²) in [5.74, 6) is 12.7. The normalized spacial score (nSPS) is 11.0. The highest BCUT2D eigenvalue weighted by atomic mass is 32.2. The number of ether oxygens (including phenoxy) is 1. The van der Waals surface area contributed by atoms with E-state index < -0.39 is 0 Å². The minimum atomic E-state index is 0.819. The summed E-state index contributed by atoms with van der Waals surface area (Å²) in [5, 5.41) is 0. The van der Waals surface area contributed by atoms with Crippen LogP contribution in [0, 0.1) is 0 Å². The minimum absolute atomic E-state index is 0.819. The summed E-state index contributed by atoms with van der Waals surface area (Å²) in [6.07, 6.45) is 3.51. The van der Waals surface area contributed by atoms with Crippen molar-refractivity contribution >= 4 is 72.3 Å². The molecule has 0 unspecified atom stereocenters. The fourth-order valence-electron chi connectivity index (χ4n) is 2.29. The van der Waals surface area contributed by atoms with Gasteiger partial charge in [0.05, 0.1) is 6.61 Å². The topological polar surface area (TPSA) is 9.23 Å². The molecule has 1 aromatic carbocycles. The number of hydrogen-bond donors (Lipinski definition) is 2. The average Bonchev–Trinajstić information content (AvgIpc) is 2.69. The van der Waals surface area contributed by atoms with Gasteiger partial charge in [0.25, 0.3) is 0 Å². The predicted octanol–water partition coefficient (Wildman–Crippen LogP) is 6.18. The van der Waals surface area contributed by atoms with Crippen molar-refractivity contribution in [3.8, 4) is 5.75 Å². The molecule has 1 nitrogen and oxygen atoms in total. The van der Waals surface area contributed by atoms with Crippen LogP contribution in [0.5, 0.6) is 5.75 Å². The molecule has 0 aliphatic heterocycles. The molecule has 0 aromatic heterocycles. The Bertz CT molecular complexity index is 446. The molecule has 0 bridgehead atoms. The van der Waals surface area contributed by atoms with Gasteiger partial charge in [-0.15, -0.1) is 0 Å². The van der Waals surface area contributed by atoms with Gasteiger partial charge in [0, 0.05) is 34.5 Å². The minimum Gasteiger partial charge on any atom is -0.494 e. The van der Waals surface area contributed by atoms with Gasteiger partial charge in [0.2, 0.25) is 0 Å². The van der Waals surface area contributed by atoms with E-state index in [9.17, 15) is 0 Å². The first-order valence-electron chi connectivity index (χ1n) is 9.61. The molecule has 156 valence electrons. The van der Waals surface area contributed by atoms with Crippen LogP contribution in [0.4, 0.5) is 0 Å². The molecule has 0 atom stereocenters. The summed E-state index contributed by atoms with van der Waals surface area (Å²) in [4.78, 5) is 0. The molecular formula is C20H34OS6. The van der Waals surface area contributed by atoms with Crippen molar-refractivity contribution in [2.45, 2.75) is 19.3 Å². The molecule has 0 saturated heterocycles. The maximum absolute atomic E-state index is 5.93. The zero-order valence-electron chi connectivity index (χ0n) is 16.1. The second-order valence-corrected chi connectivity index (χ2v) is 11.6. The fraction of sp³-hybridized carbons (Fsp3) is 0.700. The third-order valence-electron chi connectivity index (χ3n) is 3.57. The molecule has 0 amide bonds. The first-order valence-corrected chi connectivity index (χ1v) is 15.5. The summed E-state index contributed by atoms with van der Waals surface area (Å²) >= 11 is 16.6. The molecule has 0 aliphatic rings. The Hall–Kier alpha value is 1.12. The van der Waals surface area contributed by atoms with Gasteiger partial charge in [0.15, 0.2) is 0 Å². The van der Waals surface area contributed by atoms with Gasteiger partial charge >= 0.3 is 0 Å². The molecule has 0 N–H and O–H groups in total. The van der Waals surface area contributed by atoms with Crippen molar-refractivity contribution in [3.63, 3.8) is 0 Å². The molecule has 27 heavy (non-hydrogen) atoms. The third-order valence-corrected chi connectivity index (χ3v) is 9.25. The maximum atomic E-state index is 5.93. The van der Waals surface area contributed by atoms with Crippen molar-refractivity contribution in [1.82, 2.24) is 0 Å². The van der Waals surface area contributed by atoms with Crippen molar-refractivity contribution in [2.24, 2.45) is 0 Å². The number of aryl methyl sites for hydroxylation is 1. The van der Waals surface area contributed by atoms with Gasteiger partial charge in [0.1, 0.15) is 5.75 Å². The van der Waals surface area contributed by atoms with E-state index >= 15 is 0 Å². The van der Waals surface area contributed by atoms with Crippen LogP contribution < -0.4 is 4.74 Å². The van der Waals surface area contributed by atoms with E-state index in [0.717, 1.165) is 42.5 Å². The van der Waals surface area contributed by atoms with Crippen molar-refractivity contribution in [3.05, 3.63) is 29.8 Å². The molecule has 0 fully saturated rings. The van der Waals surface area contributed by atoms with Crippen LogP contribution in [-0.4, -0.2) is 64.1 Å². The second kappa shape index (κ2) is 20.4. The lowest BCUT2D eigenvalue weighted by molar-refractivity contribution is 0.318. The summed E-state index contributed by atoms with van der Waals surface area (Å²) in [6.45, 7) is 0.819. The average molecular weight is 483 g/mol. The number of hydrogen-bond acceptors (Lipinski definition) is 7. The molecule has 0 aliphatic carbocycles. The van der Waals surface area contributed by atoms with Crippen LogP contribution in [0.1, 0.15) is 18.4 Å². The summed E-state index contributed by atoms with van der Waals surface area (Å²) in [7, 11) is 0. The van der Waals surface area contributed by atoms with E-state index in [0.29, 0.717) is 0 Å². The predicted molar refractivity (Wildman–Crippen MR) is 142 cm³/mol. The van der Waals surface area contributed by atoms with Crippen molar-refractivity contribution in [2.75, 3.05) is 64.1 Å². The van der Waals surface area contributed by atoms with Gasteiger partial charge in [-0.25, -0.2) is 0 Å². The number of thioether (sulfide) groups is 4. The highest BCUT2D eigenvalue weighted by Crippen LogP contribution is 2.17. The Morgan fingerprint density at radius 2 is 1.30 bits per heavy atom. The first kappa shape index (κ1) is 26.2. The molecule has 1 aromatic rings. The highest BCUT2D eigenvalue weighted by molar-refractivity contribution is 8.03. The molecule has 1 rings (SSSR count).